The van der Waals surface area contributed by atoms with Gasteiger partial charge in [-0.05, 0) is 0 Å². The molecule has 0 spiro atoms. The third-order valence-electron chi connectivity index (χ3n) is 0. The smallest absolute Gasteiger partial charge is 2.00 e. The SMILES string of the molecule is [Bi+3].[Bi+3].[O-2].[O-2].[O-2].[O-2].[O-2].[O-2].[O-2].[Pt].[Pt].[Ru+4].[Ru+4]. The van der Waals surface area contributed by atoms with Crippen molar-refractivity contribution >= 4 is 52.4 Å². The normalized spacial score (nSPS) is 0. The van der Waals surface area contributed by atoms with Gasteiger partial charge in [0.2, 0.25) is 0 Å². The van der Waals surface area contributed by atoms with Crippen molar-refractivity contribution in [2.45, 2.75) is 0 Å². The van der Waals surface area contributed by atoms with Crippen LogP contribution in [0, 0.1) is 0 Å². The van der Waals surface area contributed by atoms with E-state index in [2.05, 4.69) is 0 Å². The molecule has 0 saturated heterocycles. The molecule has 0 aliphatic rings. The van der Waals surface area contributed by atoms with Crippen LogP contribution in [-0.4, -0.2) is 52.4 Å². The Kier molecular flexibility index (Phi) is 4400. The molecule has 0 amide bonds. The molecule has 0 aromatic heterocycles. The van der Waals surface area contributed by atoms with Crippen LogP contribution in [0.3, 0.4) is 0 Å². The minimum Gasteiger partial charge on any atom is -2.00 e. The van der Waals surface area contributed by atoms with E-state index in [1.54, 1.807) is 0 Å². The van der Waals surface area contributed by atoms with E-state index in [4.69, 9.17) is 0 Å². The van der Waals surface area contributed by atoms with Crippen LogP contribution >= 0.6 is 0 Å². The van der Waals surface area contributed by atoms with Gasteiger partial charge in [-0.3, -0.25) is 0 Å². The predicted molar refractivity (Wildman–Crippen MR) is 16.3 cm³/mol. The van der Waals surface area contributed by atoms with Crippen LogP contribution in [0.2, 0.25) is 0 Å². The summed E-state index contributed by atoms with van der Waals surface area (Å²) in [5.74, 6) is 0. The minimum absolute atomic E-state index is 0. The first-order chi connectivity index (χ1) is 0. The summed E-state index contributed by atoms with van der Waals surface area (Å²) in [4.78, 5) is 0. The average Bonchev–Trinajstić information content (AvgIpc) is 0. The Hall–Kier alpha value is 4.11. The van der Waals surface area contributed by atoms with E-state index in [9.17, 15) is 0 Å². The fourth-order valence-electron chi connectivity index (χ4n) is 0. The van der Waals surface area contributed by atoms with E-state index >= 15 is 0 Å². The molecule has 0 fully saturated rings. The average molecular weight is 1120 g/mol. The van der Waals surface area contributed by atoms with Gasteiger partial charge < -0.3 is 38.3 Å². The first kappa shape index (κ1) is 263. The summed E-state index contributed by atoms with van der Waals surface area (Å²) >= 11 is 0. The van der Waals surface area contributed by atoms with Gasteiger partial charge in [-0.2, -0.15) is 0 Å². The van der Waals surface area contributed by atoms with Crippen LogP contribution in [0.1, 0.15) is 0 Å². The van der Waals surface area contributed by atoms with Gasteiger partial charge in [-0.15, -0.1) is 0 Å². The van der Waals surface area contributed by atoms with E-state index in [1.807, 2.05) is 0 Å². The van der Waals surface area contributed by atoms with Crippen molar-refractivity contribution in [3.05, 3.63) is 0 Å². The van der Waals surface area contributed by atoms with E-state index < -0.39 is 0 Å². The van der Waals surface area contributed by atoms with Gasteiger partial charge in [-0.1, -0.05) is 0 Å². The van der Waals surface area contributed by atoms with Gasteiger partial charge in [0.15, 0.2) is 0 Å². The molecule has 0 aliphatic heterocycles. The molecule has 0 aliphatic carbocycles. The molecule has 88 valence electrons. The predicted octanol–water partition coefficient (Wildman–Crippen LogP) is -1.60. The van der Waals surface area contributed by atoms with Crippen molar-refractivity contribution in [3.63, 3.8) is 0 Å². The Morgan fingerprint density at radius 2 is 0.308 bits per heavy atom. The van der Waals surface area contributed by atoms with E-state index in [-0.39, 0.29) is 172 Å². The molecule has 13 heteroatoms. The summed E-state index contributed by atoms with van der Waals surface area (Å²) in [5.41, 5.74) is 0. The molecular weight excluding hydrogens is 1120 g/mol. The third-order valence-corrected chi connectivity index (χ3v) is 0. The molecule has 0 unspecified atom stereocenters. The Labute approximate surface area is 169 Å². The van der Waals surface area contributed by atoms with Crippen molar-refractivity contribution in [2.24, 2.45) is 0 Å². The number of rotatable bonds is 0. The van der Waals surface area contributed by atoms with Gasteiger partial charge in [0.1, 0.15) is 0 Å². The zero-order chi connectivity index (χ0) is 0. The van der Waals surface area contributed by atoms with Gasteiger partial charge >= 0.3 is 91.4 Å². The van der Waals surface area contributed by atoms with Crippen molar-refractivity contribution in [3.8, 4) is 0 Å². The van der Waals surface area contributed by atoms with Crippen molar-refractivity contribution in [2.75, 3.05) is 0 Å². The summed E-state index contributed by atoms with van der Waals surface area (Å²) < 4.78 is 0. The second-order valence-electron chi connectivity index (χ2n) is 0. The summed E-state index contributed by atoms with van der Waals surface area (Å²) in [6.07, 6.45) is 0. The molecule has 0 bridgehead atoms. The molecule has 0 saturated carbocycles. The van der Waals surface area contributed by atoms with Crippen LogP contribution in [-0.2, 0) is 119 Å². The van der Waals surface area contributed by atoms with E-state index in [1.165, 1.54) is 0 Å². The largest absolute Gasteiger partial charge is 4.00 e. The van der Waals surface area contributed by atoms with Crippen LogP contribution in [0.25, 0.3) is 0 Å². The summed E-state index contributed by atoms with van der Waals surface area (Å²) in [6.45, 7) is 0. The topological polar surface area (TPSA) is 200 Å². The number of hydrogen-bond donors (Lipinski definition) is 0. The monoisotopic (exact) mass is 1120 g/mol. The maximum atomic E-state index is 0. The molecule has 7 nitrogen and oxygen atoms in total. The van der Waals surface area contributed by atoms with E-state index in [0.717, 1.165) is 0 Å². The molecular formula is Bi2O7Pt2Ru2. The Balaban J connectivity index is 0. The second kappa shape index (κ2) is 218. The van der Waals surface area contributed by atoms with Crippen LogP contribution < -0.4 is 0 Å². The molecule has 0 rings (SSSR count). The van der Waals surface area contributed by atoms with Gasteiger partial charge in [0.05, 0.1) is 0 Å². The van der Waals surface area contributed by atoms with Gasteiger partial charge in [0.25, 0.3) is 0 Å². The zero-order valence-electron chi connectivity index (χ0n) is 5.09. The Morgan fingerprint density at radius 3 is 0.308 bits per heavy atom. The van der Waals surface area contributed by atoms with Crippen LogP contribution in [0.5, 0.6) is 0 Å². The molecule has 4 radical (unpaired) electrons. The van der Waals surface area contributed by atoms with Crippen molar-refractivity contribution in [1.82, 2.24) is 0 Å². The summed E-state index contributed by atoms with van der Waals surface area (Å²) in [5, 5.41) is 0. The minimum atomic E-state index is 0. The van der Waals surface area contributed by atoms with Gasteiger partial charge in [0, 0.05) is 42.1 Å². The summed E-state index contributed by atoms with van der Waals surface area (Å²) in [6, 6.07) is 0. The molecule has 0 N–H and O–H groups in total. The van der Waals surface area contributed by atoms with Crippen LogP contribution in [0.4, 0.5) is 0 Å². The Morgan fingerprint density at radius 1 is 0.308 bits per heavy atom. The first-order valence-electron chi connectivity index (χ1n) is 0. The maximum absolute atomic E-state index is 0. The Bertz CT molecular complexity index is 22.5. The standard InChI is InChI=1S/2Bi.7O.2Pt.2Ru/q2*+3;7*-2;;;2*+4. The first-order valence-corrected chi connectivity index (χ1v) is 0. The fraction of sp³-hybridized carbons (Fsp3) is 0. The van der Waals surface area contributed by atoms with Crippen LogP contribution in [0.15, 0.2) is 0 Å². The molecule has 0 aromatic carbocycles. The molecule has 13 heavy (non-hydrogen) atoms. The third kappa shape index (κ3) is 190. The quantitative estimate of drug-likeness (QED) is 0.252. The van der Waals surface area contributed by atoms with Gasteiger partial charge in [-0.25, -0.2) is 0 Å². The fourth-order valence-corrected chi connectivity index (χ4v) is 0. The van der Waals surface area contributed by atoms with Crippen molar-refractivity contribution in [1.29, 1.82) is 0 Å². The second-order valence-corrected chi connectivity index (χ2v) is 0. The molecule has 0 aromatic rings. The molecule has 0 atom stereocenters. The summed E-state index contributed by atoms with van der Waals surface area (Å²) in [7, 11) is 0. The van der Waals surface area contributed by atoms with Crippen molar-refractivity contribution < 1.29 is 119 Å². The maximum Gasteiger partial charge on any atom is 4.00 e. The number of hydrogen-bond acceptors (Lipinski definition) is 0. The zero-order valence-corrected chi connectivity index (χ0v) is 20.1. The van der Waals surface area contributed by atoms with E-state index in [0.29, 0.717) is 0 Å². The molecule has 0 heterocycles.